The van der Waals surface area contributed by atoms with Crippen LogP contribution in [0, 0.1) is 0 Å². The zero-order valence-corrected chi connectivity index (χ0v) is 15.7. The largest absolute Gasteiger partial charge is 0.379 e. The van der Waals surface area contributed by atoms with Gasteiger partial charge in [0.2, 0.25) is 5.91 Å². The van der Waals surface area contributed by atoms with Gasteiger partial charge >= 0.3 is 0 Å². The molecular formula is C18H27N3O3S. The number of hydrogen-bond donors (Lipinski definition) is 0. The van der Waals surface area contributed by atoms with Crippen molar-refractivity contribution >= 4 is 23.0 Å². The van der Waals surface area contributed by atoms with E-state index in [4.69, 9.17) is 4.74 Å². The fourth-order valence-corrected chi connectivity index (χ4v) is 4.08. The minimum atomic E-state index is 0.0672. The Kier molecular flexibility index (Phi) is 6.58. The Balaban J connectivity index is 1.38. The maximum absolute atomic E-state index is 12.5. The van der Waals surface area contributed by atoms with Crippen molar-refractivity contribution in [2.24, 2.45) is 0 Å². The van der Waals surface area contributed by atoms with Gasteiger partial charge in [0.25, 0.3) is 0 Å². The number of carbonyl (C=O) groups excluding carboxylic acids is 2. The molecule has 1 aromatic rings. The normalized spacial score (nSPS) is 20.0. The Hall–Kier alpha value is -1.28. The molecule has 0 radical (unpaired) electrons. The molecule has 2 saturated heterocycles. The summed E-state index contributed by atoms with van der Waals surface area (Å²) in [6.45, 7) is 10.9. The van der Waals surface area contributed by atoms with Crippen molar-refractivity contribution in [3.05, 3.63) is 21.9 Å². The third-order valence-corrected chi connectivity index (χ3v) is 6.00. The maximum Gasteiger partial charge on any atom is 0.227 e. The predicted molar refractivity (Wildman–Crippen MR) is 98.3 cm³/mol. The average molecular weight is 365 g/mol. The highest BCUT2D eigenvalue weighted by Gasteiger charge is 2.22. The van der Waals surface area contributed by atoms with Gasteiger partial charge < -0.3 is 9.64 Å². The summed E-state index contributed by atoms with van der Waals surface area (Å²) < 4.78 is 5.38. The molecule has 0 bridgehead atoms. The number of amides is 1. The van der Waals surface area contributed by atoms with Crippen LogP contribution in [0.2, 0.25) is 0 Å². The fourth-order valence-electron chi connectivity index (χ4n) is 3.27. The van der Waals surface area contributed by atoms with E-state index in [2.05, 4.69) is 9.80 Å². The lowest BCUT2D eigenvalue weighted by molar-refractivity contribution is -0.132. The molecule has 0 spiro atoms. The molecule has 0 unspecified atom stereocenters. The average Bonchev–Trinajstić information content (AvgIpc) is 3.10. The minimum Gasteiger partial charge on any atom is -0.379 e. The number of piperazine rings is 1. The second-order valence-electron chi connectivity index (χ2n) is 6.73. The standard InChI is InChI=1S/C18H27N3O3S/c1-15(22)17-12-16(14-25-17)13-18(23)21-6-4-19(5-7-21)2-3-20-8-10-24-11-9-20/h12,14H,2-11,13H2,1H3. The highest BCUT2D eigenvalue weighted by Crippen LogP contribution is 2.17. The molecule has 0 aliphatic carbocycles. The lowest BCUT2D eigenvalue weighted by Crippen LogP contribution is -2.51. The quantitative estimate of drug-likeness (QED) is 0.703. The van der Waals surface area contributed by atoms with Crippen LogP contribution < -0.4 is 0 Å². The van der Waals surface area contributed by atoms with Gasteiger partial charge in [-0.05, 0) is 23.9 Å². The van der Waals surface area contributed by atoms with E-state index in [0.29, 0.717) is 6.42 Å². The Morgan fingerprint density at radius 3 is 2.28 bits per heavy atom. The van der Waals surface area contributed by atoms with Gasteiger partial charge in [-0.15, -0.1) is 11.3 Å². The topological polar surface area (TPSA) is 53.1 Å². The number of Topliss-reactive ketones (excluding diaryl/α,β-unsaturated/α-hetero) is 1. The van der Waals surface area contributed by atoms with Gasteiger partial charge in [0.15, 0.2) is 5.78 Å². The van der Waals surface area contributed by atoms with Crippen molar-refractivity contribution in [1.82, 2.24) is 14.7 Å². The summed E-state index contributed by atoms with van der Waals surface area (Å²) in [4.78, 5) is 31.4. The number of carbonyl (C=O) groups is 2. The van der Waals surface area contributed by atoms with Crippen LogP contribution in [0.25, 0.3) is 0 Å². The third-order valence-electron chi connectivity index (χ3n) is 4.92. The number of ether oxygens (including phenoxy) is 1. The molecule has 7 heteroatoms. The second-order valence-corrected chi connectivity index (χ2v) is 7.64. The Labute approximate surface area is 153 Å². The lowest BCUT2D eigenvalue weighted by atomic mass is 10.2. The summed E-state index contributed by atoms with van der Waals surface area (Å²) in [5.41, 5.74) is 0.954. The van der Waals surface area contributed by atoms with E-state index < -0.39 is 0 Å². The van der Waals surface area contributed by atoms with Gasteiger partial charge in [0.05, 0.1) is 24.5 Å². The number of hydrogen-bond acceptors (Lipinski definition) is 6. The summed E-state index contributed by atoms with van der Waals surface area (Å²) in [6, 6.07) is 1.85. The predicted octanol–water partition coefficient (Wildman–Crippen LogP) is 0.970. The molecule has 1 aromatic heterocycles. The van der Waals surface area contributed by atoms with Crippen LogP contribution in [0.5, 0.6) is 0 Å². The molecule has 0 saturated carbocycles. The van der Waals surface area contributed by atoms with Gasteiger partial charge in [0.1, 0.15) is 0 Å². The van der Waals surface area contributed by atoms with Crippen molar-refractivity contribution in [2.45, 2.75) is 13.3 Å². The Morgan fingerprint density at radius 1 is 1.04 bits per heavy atom. The number of ketones is 1. The molecule has 0 atom stereocenters. The van der Waals surface area contributed by atoms with Crippen LogP contribution in [0.4, 0.5) is 0 Å². The first-order valence-corrected chi connectivity index (χ1v) is 9.88. The monoisotopic (exact) mass is 365 g/mol. The molecule has 3 rings (SSSR count). The summed E-state index contributed by atoms with van der Waals surface area (Å²) >= 11 is 1.42. The SMILES string of the molecule is CC(=O)c1cc(CC(=O)N2CCN(CCN3CCOCC3)CC2)cs1. The smallest absolute Gasteiger partial charge is 0.227 e. The van der Waals surface area contributed by atoms with Crippen LogP contribution in [0.1, 0.15) is 22.2 Å². The van der Waals surface area contributed by atoms with E-state index in [-0.39, 0.29) is 11.7 Å². The van der Waals surface area contributed by atoms with Crippen LogP contribution in [0.15, 0.2) is 11.4 Å². The number of thiophene rings is 1. The van der Waals surface area contributed by atoms with Crippen molar-refractivity contribution in [2.75, 3.05) is 65.6 Å². The van der Waals surface area contributed by atoms with Gasteiger partial charge in [-0.2, -0.15) is 0 Å². The highest BCUT2D eigenvalue weighted by atomic mass is 32.1. The van der Waals surface area contributed by atoms with Gasteiger partial charge in [-0.1, -0.05) is 0 Å². The summed E-state index contributed by atoms with van der Waals surface area (Å²) in [7, 11) is 0. The fraction of sp³-hybridized carbons (Fsp3) is 0.667. The van der Waals surface area contributed by atoms with E-state index in [1.807, 2.05) is 16.3 Å². The van der Waals surface area contributed by atoms with Crippen LogP contribution in [-0.4, -0.2) is 92.0 Å². The van der Waals surface area contributed by atoms with Gasteiger partial charge in [-0.3, -0.25) is 19.4 Å². The lowest BCUT2D eigenvalue weighted by Gasteiger charge is -2.36. The zero-order chi connectivity index (χ0) is 17.6. The molecule has 2 aliphatic heterocycles. The number of rotatable bonds is 6. The van der Waals surface area contributed by atoms with Crippen molar-refractivity contribution in [3.8, 4) is 0 Å². The van der Waals surface area contributed by atoms with E-state index in [0.717, 1.165) is 76.0 Å². The molecule has 0 N–H and O–H groups in total. The van der Waals surface area contributed by atoms with Crippen molar-refractivity contribution in [3.63, 3.8) is 0 Å². The molecule has 138 valence electrons. The van der Waals surface area contributed by atoms with E-state index in [1.165, 1.54) is 11.3 Å². The zero-order valence-electron chi connectivity index (χ0n) is 14.9. The van der Waals surface area contributed by atoms with E-state index >= 15 is 0 Å². The van der Waals surface area contributed by atoms with E-state index in [1.54, 1.807) is 6.92 Å². The third kappa shape index (κ3) is 5.34. The molecule has 1 amide bonds. The maximum atomic E-state index is 12.5. The van der Waals surface area contributed by atoms with Crippen LogP contribution in [-0.2, 0) is 16.0 Å². The van der Waals surface area contributed by atoms with Crippen molar-refractivity contribution < 1.29 is 14.3 Å². The Bertz CT molecular complexity index is 590. The molecule has 6 nitrogen and oxygen atoms in total. The van der Waals surface area contributed by atoms with Gasteiger partial charge in [-0.25, -0.2) is 0 Å². The number of morpholine rings is 1. The summed E-state index contributed by atoms with van der Waals surface area (Å²) in [5.74, 6) is 0.235. The van der Waals surface area contributed by atoms with E-state index in [9.17, 15) is 9.59 Å². The number of nitrogens with zero attached hydrogens (tertiary/aromatic N) is 3. The van der Waals surface area contributed by atoms with Gasteiger partial charge in [0, 0.05) is 52.4 Å². The van der Waals surface area contributed by atoms with Crippen LogP contribution in [0.3, 0.4) is 0 Å². The summed E-state index contributed by atoms with van der Waals surface area (Å²) in [5, 5.41) is 1.92. The first kappa shape index (κ1) is 18.5. The molecule has 3 heterocycles. The molecule has 2 aliphatic rings. The Morgan fingerprint density at radius 2 is 1.68 bits per heavy atom. The van der Waals surface area contributed by atoms with Crippen LogP contribution >= 0.6 is 11.3 Å². The highest BCUT2D eigenvalue weighted by molar-refractivity contribution is 7.12. The molecule has 2 fully saturated rings. The minimum absolute atomic E-state index is 0.0672. The summed E-state index contributed by atoms with van der Waals surface area (Å²) in [6.07, 6.45) is 0.400. The molecular weight excluding hydrogens is 338 g/mol. The molecule has 0 aromatic carbocycles. The molecule has 25 heavy (non-hydrogen) atoms. The first-order chi connectivity index (χ1) is 12.1. The first-order valence-electron chi connectivity index (χ1n) is 9.00. The second kappa shape index (κ2) is 8.89. The van der Waals surface area contributed by atoms with Crippen molar-refractivity contribution in [1.29, 1.82) is 0 Å².